The molecule has 0 radical (unpaired) electrons. The van der Waals surface area contributed by atoms with Crippen LogP contribution in [-0.4, -0.2) is 48.8 Å². The van der Waals surface area contributed by atoms with Crippen LogP contribution in [0.3, 0.4) is 0 Å². The molecule has 0 aliphatic carbocycles. The molecule has 1 amide bonds. The van der Waals surface area contributed by atoms with Crippen LogP contribution in [0.5, 0.6) is 11.5 Å². The number of phenolic OH excluding ortho intramolecular Hbond substituents is 1. The number of aromatic hydroxyl groups is 1. The number of rotatable bonds is 3. The Kier molecular flexibility index (Phi) is 3.89. The number of piperidine rings is 1. The van der Waals surface area contributed by atoms with Gasteiger partial charge in [0.05, 0.1) is 12.5 Å². The molecule has 144 valence electrons. The number of carbonyl (C=O) groups is 1. The van der Waals surface area contributed by atoms with Crippen molar-refractivity contribution in [1.29, 1.82) is 0 Å². The van der Waals surface area contributed by atoms with Gasteiger partial charge in [-0.2, -0.15) is 0 Å². The summed E-state index contributed by atoms with van der Waals surface area (Å²) in [6, 6.07) is 9.13. The molecular formula is C21H21N3O4. The molecule has 7 heteroatoms. The first-order valence-electron chi connectivity index (χ1n) is 9.51. The zero-order chi connectivity index (χ0) is 19.3. The molecule has 2 aliphatic heterocycles. The Morgan fingerprint density at radius 3 is 2.50 bits per heavy atom. The number of carboxylic acid groups (broad SMARTS) is 1. The summed E-state index contributed by atoms with van der Waals surface area (Å²) in [4.78, 5) is 17.4. The van der Waals surface area contributed by atoms with Crippen LogP contribution in [0.1, 0.15) is 25.7 Å². The minimum absolute atomic E-state index is 0.0122. The van der Waals surface area contributed by atoms with Gasteiger partial charge in [-0.1, -0.05) is 12.1 Å². The van der Waals surface area contributed by atoms with Crippen LogP contribution < -0.4 is 4.74 Å². The normalized spacial score (nSPS) is 23.9. The minimum atomic E-state index is -0.821. The number of pyridine rings is 1. The van der Waals surface area contributed by atoms with E-state index in [0.717, 1.165) is 35.2 Å². The number of benzene rings is 1. The summed E-state index contributed by atoms with van der Waals surface area (Å²) in [5.41, 5.74) is 2.82. The summed E-state index contributed by atoms with van der Waals surface area (Å²) in [5.74, 6) is 0.973. The summed E-state index contributed by atoms with van der Waals surface area (Å²) in [6.45, 7) is 0. The Hall–Kier alpha value is -3.22. The number of fused-ring (bicyclic) bond motifs is 3. The summed E-state index contributed by atoms with van der Waals surface area (Å²) >= 11 is 0. The van der Waals surface area contributed by atoms with Crippen molar-refractivity contribution >= 4 is 11.6 Å². The first-order valence-corrected chi connectivity index (χ1v) is 9.51. The average Bonchev–Trinajstić information content (AvgIpc) is 3.25. The topological polar surface area (TPSA) is 87.3 Å². The molecule has 0 saturated carbocycles. The van der Waals surface area contributed by atoms with Gasteiger partial charge in [0.25, 0.3) is 0 Å². The second kappa shape index (κ2) is 6.44. The third kappa shape index (κ3) is 2.83. The molecule has 1 aromatic carbocycles. The Morgan fingerprint density at radius 2 is 1.82 bits per heavy atom. The van der Waals surface area contributed by atoms with E-state index in [1.54, 1.807) is 29.6 Å². The van der Waals surface area contributed by atoms with Gasteiger partial charge < -0.3 is 24.3 Å². The summed E-state index contributed by atoms with van der Waals surface area (Å²) < 4.78 is 8.32. The lowest BCUT2D eigenvalue weighted by Crippen LogP contribution is -2.48. The smallest absolute Gasteiger partial charge is 0.407 e. The number of imidazole rings is 1. The Balaban J connectivity index is 1.45. The summed E-state index contributed by atoms with van der Waals surface area (Å²) in [7, 11) is 0. The predicted molar refractivity (Wildman–Crippen MR) is 103 cm³/mol. The minimum Gasteiger partial charge on any atom is -0.508 e. The third-order valence-corrected chi connectivity index (χ3v) is 5.89. The number of phenols is 1. The maximum absolute atomic E-state index is 11.5. The monoisotopic (exact) mass is 379 g/mol. The van der Waals surface area contributed by atoms with Crippen molar-refractivity contribution in [3.8, 4) is 22.6 Å². The second-order valence-corrected chi connectivity index (χ2v) is 7.61. The highest BCUT2D eigenvalue weighted by Gasteiger charge is 2.44. The van der Waals surface area contributed by atoms with Gasteiger partial charge in [-0.3, -0.25) is 0 Å². The van der Waals surface area contributed by atoms with Gasteiger partial charge in [-0.05, 0) is 36.6 Å². The quantitative estimate of drug-likeness (QED) is 0.724. The van der Waals surface area contributed by atoms with Gasteiger partial charge in [-0.25, -0.2) is 9.78 Å². The van der Waals surface area contributed by atoms with Gasteiger partial charge >= 0.3 is 6.09 Å². The van der Waals surface area contributed by atoms with Crippen molar-refractivity contribution in [2.45, 2.75) is 43.9 Å². The van der Waals surface area contributed by atoms with Gasteiger partial charge in [-0.15, -0.1) is 0 Å². The Morgan fingerprint density at radius 1 is 1.11 bits per heavy atom. The number of aromatic nitrogens is 2. The van der Waals surface area contributed by atoms with E-state index in [1.165, 1.54) is 0 Å². The van der Waals surface area contributed by atoms with Gasteiger partial charge in [0.2, 0.25) is 0 Å². The molecule has 0 unspecified atom stereocenters. The maximum atomic E-state index is 11.5. The zero-order valence-electron chi connectivity index (χ0n) is 15.2. The van der Waals surface area contributed by atoms with Crippen molar-refractivity contribution in [3.63, 3.8) is 0 Å². The first-order chi connectivity index (χ1) is 13.6. The zero-order valence-corrected chi connectivity index (χ0v) is 15.2. The van der Waals surface area contributed by atoms with Crippen molar-refractivity contribution < 1.29 is 19.7 Å². The van der Waals surface area contributed by atoms with Crippen molar-refractivity contribution in [3.05, 3.63) is 49.1 Å². The molecule has 5 rings (SSSR count). The summed E-state index contributed by atoms with van der Waals surface area (Å²) in [6.07, 6.45) is 7.91. The third-order valence-electron chi connectivity index (χ3n) is 5.89. The fourth-order valence-corrected chi connectivity index (χ4v) is 4.62. The Labute approximate surface area is 161 Å². The average molecular weight is 379 g/mol. The van der Waals surface area contributed by atoms with E-state index >= 15 is 0 Å². The van der Waals surface area contributed by atoms with Gasteiger partial charge in [0.1, 0.15) is 23.1 Å². The lowest BCUT2D eigenvalue weighted by Gasteiger charge is -2.37. The lowest BCUT2D eigenvalue weighted by atomic mass is 10.00. The number of hydrogen-bond acceptors (Lipinski definition) is 4. The van der Waals surface area contributed by atoms with E-state index in [1.807, 2.05) is 28.8 Å². The van der Waals surface area contributed by atoms with Crippen LogP contribution in [0, 0.1) is 0 Å². The standard InChI is InChI=1S/C21H21N3O4/c25-17-5-1-13(2-6-17)14-7-20(19-10-22-12-23(19)11-14)28-18-8-15-3-4-16(9-18)24(15)21(26)27/h1-2,5-7,10-12,15-16,18,25H,3-4,8-9H2,(H,26,27)/t15-,16+,18+. The predicted octanol–water partition coefficient (Wildman–Crippen LogP) is 3.76. The van der Waals surface area contributed by atoms with Gasteiger partial charge in [0, 0.05) is 36.7 Å². The Bertz CT molecular complexity index is 1020. The largest absolute Gasteiger partial charge is 0.508 e. The highest BCUT2D eigenvalue weighted by molar-refractivity contribution is 5.71. The van der Waals surface area contributed by atoms with E-state index < -0.39 is 6.09 Å². The van der Waals surface area contributed by atoms with Crippen LogP contribution in [0.4, 0.5) is 4.79 Å². The lowest BCUT2D eigenvalue weighted by molar-refractivity contribution is 0.0501. The van der Waals surface area contributed by atoms with Crippen molar-refractivity contribution in [1.82, 2.24) is 14.3 Å². The fourth-order valence-electron chi connectivity index (χ4n) is 4.62. The molecule has 28 heavy (non-hydrogen) atoms. The van der Waals surface area contributed by atoms with Crippen LogP contribution in [0.2, 0.25) is 0 Å². The molecule has 2 saturated heterocycles. The molecule has 0 spiro atoms. The maximum Gasteiger partial charge on any atom is 0.407 e. The fraction of sp³-hybridized carbons (Fsp3) is 0.333. The van der Waals surface area contributed by atoms with Gasteiger partial charge in [0.15, 0.2) is 0 Å². The number of amides is 1. The summed E-state index contributed by atoms with van der Waals surface area (Å²) in [5, 5.41) is 19.0. The first kappa shape index (κ1) is 16.9. The molecule has 3 aromatic rings. The number of hydrogen-bond donors (Lipinski definition) is 2. The van der Waals surface area contributed by atoms with Crippen molar-refractivity contribution in [2.75, 3.05) is 0 Å². The molecule has 7 nitrogen and oxygen atoms in total. The van der Waals surface area contributed by atoms with E-state index in [-0.39, 0.29) is 23.9 Å². The van der Waals surface area contributed by atoms with Crippen LogP contribution in [0.15, 0.2) is 49.1 Å². The van der Waals surface area contributed by atoms with Crippen LogP contribution in [0.25, 0.3) is 16.6 Å². The molecule has 2 N–H and O–H groups in total. The van der Waals surface area contributed by atoms with Crippen LogP contribution in [-0.2, 0) is 0 Å². The number of nitrogens with zero attached hydrogens (tertiary/aromatic N) is 3. The SMILES string of the molecule is O=C(O)N1[C@@H]2CC[C@H]1C[C@@H](Oc1cc(-c3ccc(O)cc3)cn3cncc13)C2. The van der Waals surface area contributed by atoms with Crippen molar-refractivity contribution in [2.24, 2.45) is 0 Å². The highest BCUT2D eigenvalue weighted by Crippen LogP contribution is 2.38. The van der Waals surface area contributed by atoms with E-state index in [9.17, 15) is 15.0 Å². The second-order valence-electron chi connectivity index (χ2n) is 7.61. The van der Waals surface area contributed by atoms with E-state index in [4.69, 9.17) is 4.74 Å². The van der Waals surface area contributed by atoms with Crippen LogP contribution >= 0.6 is 0 Å². The molecule has 2 aromatic heterocycles. The molecule has 2 aliphatic rings. The van der Waals surface area contributed by atoms with E-state index in [2.05, 4.69) is 4.98 Å². The molecule has 3 atom stereocenters. The molecular weight excluding hydrogens is 358 g/mol. The van der Waals surface area contributed by atoms with E-state index in [0.29, 0.717) is 12.8 Å². The molecule has 4 heterocycles. The molecule has 2 fully saturated rings. The highest BCUT2D eigenvalue weighted by atomic mass is 16.5. The number of ether oxygens (including phenoxy) is 1. The molecule has 2 bridgehead atoms.